The van der Waals surface area contributed by atoms with Gasteiger partial charge in [0, 0.05) is 6.07 Å². The SMILES string of the molecule is COc1ccc(-c2nc(N)nc(OC)n2)c(F)c1. The summed E-state index contributed by atoms with van der Waals surface area (Å²) >= 11 is 0. The van der Waals surface area contributed by atoms with Gasteiger partial charge in [-0.1, -0.05) is 0 Å². The maximum atomic E-state index is 13.8. The Kier molecular flexibility index (Phi) is 3.22. The molecule has 0 aliphatic heterocycles. The molecule has 0 saturated heterocycles. The molecule has 18 heavy (non-hydrogen) atoms. The molecule has 1 aromatic heterocycles. The average molecular weight is 250 g/mol. The van der Waals surface area contributed by atoms with E-state index in [0.29, 0.717) is 5.75 Å². The predicted octanol–water partition coefficient (Wildman–Crippen LogP) is 1.28. The second-order valence-electron chi connectivity index (χ2n) is 3.35. The van der Waals surface area contributed by atoms with Crippen molar-refractivity contribution in [3.63, 3.8) is 0 Å². The van der Waals surface area contributed by atoms with Gasteiger partial charge in [0.15, 0.2) is 5.82 Å². The molecule has 0 aliphatic rings. The van der Waals surface area contributed by atoms with Gasteiger partial charge in [0.25, 0.3) is 0 Å². The molecule has 0 atom stereocenters. The summed E-state index contributed by atoms with van der Waals surface area (Å²) in [6.45, 7) is 0. The highest BCUT2D eigenvalue weighted by atomic mass is 19.1. The van der Waals surface area contributed by atoms with E-state index in [1.165, 1.54) is 26.4 Å². The lowest BCUT2D eigenvalue weighted by Gasteiger charge is -2.06. The van der Waals surface area contributed by atoms with Crippen LogP contribution in [0.1, 0.15) is 0 Å². The van der Waals surface area contributed by atoms with Crippen LogP contribution < -0.4 is 15.2 Å². The number of nitrogens with zero attached hydrogens (tertiary/aromatic N) is 3. The highest BCUT2D eigenvalue weighted by Gasteiger charge is 2.12. The Labute approximate surface area is 103 Å². The summed E-state index contributed by atoms with van der Waals surface area (Å²) in [6, 6.07) is 4.38. The van der Waals surface area contributed by atoms with Gasteiger partial charge in [-0.2, -0.15) is 15.0 Å². The molecule has 1 heterocycles. The molecule has 0 aliphatic carbocycles. The molecule has 0 amide bonds. The van der Waals surface area contributed by atoms with E-state index in [-0.39, 0.29) is 23.3 Å². The summed E-state index contributed by atoms with van der Waals surface area (Å²) in [5.41, 5.74) is 5.69. The number of benzene rings is 1. The maximum absolute atomic E-state index is 13.8. The molecule has 2 rings (SSSR count). The van der Waals surface area contributed by atoms with Gasteiger partial charge in [-0.25, -0.2) is 4.39 Å². The molecule has 1 aromatic carbocycles. The third-order valence-electron chi connectivity index (χ3n) is 2.23. The van der Waals surface area contributed by atoms with Crippen molar-refractivity contribution in [2.24, 2.45) is 0 Å². The number of aromatic nitrogens is 3. The lowest BCUT2D eigenvalue weighted by atomic mass is 10.2. The summed E-state index contributed by atoms with van der Waals surface area (Å²) in [5, 5.41) is 0. The summed E-state index contributed by atoms with van der Waals surface area (Å²) in [7, 11) is 2.85. The molecule has 2 N–H and O–H groups in total. The van der Waals surface area contributed by atoms with Crippen molar-refractivity contribution in [2.75, 3.05) is 20.0 Å². The highest BCUT2D eigenvalue weighted by Crippen LogP contribution is 2.24. The smallest absolute Gasteiger partial charge is 0.321 e. The van der Waals surface area contributed by atoms with Crippen LogP contribution in [0.5, 0.6) is 11.8 Å². The van der Waals surface area contributed by atoms with Gasteiger partial charge in [0.2, 0.25) is 5.95 Å². The monoisotopic (exact) mass is 250 g/mol. The predicted molar refractivity (Wildman–Crippen MR) is 62.7 cm³/mol. The van der Waals surface area contributed by atoms with Crippen molar-refractivity contribution in [3.8, 4) is 23.1 Å². The second-order valence-corrected chi connectivity index (χ2v) is 3.35. The van der Waals surface area contributed by atoms with Crippen molar-refractivity contribution in [1.29, 1.82) is 0 Å². The van der Waals surface area contributed by atoms with Crippen molar-refractivity contribution in [3.05, 3.63) is 24.0 Å². The molecule has 0 unspecified atom stereocenters. The number of nitrogens with two attached hydrogens (primary N) is 1. The third kappa shape index (κ3) is 2.29. The maximum Gasteiger partial charge on any atom is 0.321 e. The Morgan fingerprint density at radius 1 is 1.11 bits per heavy atom. The Balaban J connectivity index is 2.51. The normalized spacial score (nSPS) is 10.2. The Morgan fingerprint density at radius 3 is 2.50 bits per heavy atom. The summed E-state index contributed by atoms with van der Waals surface area (Å²) < 4.78 is 23.6. The van der Waals surface area contributed by atoms with Crippen molar-refractivity contribution < 1.29 is 13.9 Å². The number of nitrogen functional groups attached to an aromatic ring is 1. The standard InChI is InChI=1S/C11H11FN4O2/c1-17-6-3-4-7(8(12)5-6)9-14-10(13)16-11(15-9)18-2/h3-5H,1-2H3,(H2,13,14,15,16). The minimum absolute atomic E-state index is 0.0349. The van der Waals surface area contributed by atoms with Crippen molar-refractivity contribution >= 4 is 5.95 Å². The van der Waals surface area contributed by atoms with Gasteiger partial charge in [0.05, 0.1) is 19.8 Å². The van der Waals surface area contributed by atoms with Crippen LogP contribution >= 0.6 is 0 Å². The fourth-order valence-electron chi connectivity index (χ4n) is 1.39. The molecule has 2 aromatic rings. The highest BCUT2D eigenvalue weighted by molar-refractivity contribution is 5.58. The van der Waals surface area contributed by atoms with Crippen molar-refractivity contribution in [2.45, 2.75) is 0 Å². The van der Waals surface area contributed by atoms with Gasteiger partial charge in [-0.3, -0.25) is 0 Å². The zero-order chi connectivity index (χ0) is 13.1. The van der Waals surface area contributed by atoms with E-state index in [4.69, 9.17) is 15.2 Å². The first-order valence-electron chi connectivity index (χ1n) is 5.03. The first-order valence-corrected chi connectivity index (χ1v) is 5.03. The third-order valence-corrected chi connectivity index (χ3v) is 2.23. The lowest BCUT2D eigenvalue weighted by molar-refractivity contribution is 0.379. The van der Waals surface area contributed by atoms with Crippen LogP contribution in [0.2, 0.25) is 0 Å². The van der Waals surface area contributed by atoms with Crippen molar-refractivity contribution in [1.82, 2.24) is 15.0 Å². The van der Waals surface area contributed by atoms with Crippen LogP contribution in [0.25, 0.3) is 11.4 Å². The number of ether oxygens (including phenoxy) is 2. The summed E-state index contributed by atoms with van der Waals surface area (Å²) in [4.78, 5) is 11.5. The summed E-state index contributed by atoms with van der Waals surface area (Å²) in [5.74, 6) is -0.0289. The van der Waals surface area contributed by atoms with E-state index >= 15 is 0 Å². The van der Waals surface area contributed by atoms with Crippen LogP contribution in [-0.2, 0) is 0 Å². The zero-order valence-electron chi connectivity index (χ0n) is 9.85. The Morgan fingerprint density at radius 2 is 1.89 bits per heavy atom. The van der Waals surface area contributed by atoms with E-state index in [9.17, 15) is 4.39 Å². The van der Waals surface area contributed by atoms with Gasteiger partial charge in [-0.15, -0.1) is 0 Å². The van der Waals surface area contributed by atoms with E-state index in [0.717, 1.165) is 0 Å². The fraction of sp³-hybridized carbons (Fsp3) is 0.182. The molecule has 0 spiro atoms. The molecule has 0 radical (unpaired) electrons. The minimum atomic E-state index is -0.512. The van der Waals surface area contributed by atoms with E-state index in [2.05, 4.69) is 15.0 Å². The molecular weight excluding hydrogens is 239 g/mol. The molecule has 0 fully saturated rings. The quantitative estimate of drug-likeness (QED) is 0.883. The van der Waals surface area contributed by atoms with Crippen LogP contribution in [-0.4, -0.2) is 29.2 Å². The van der Waals surface area contributed by atoms with Crippen LogP contribution in [0, 0.1) is 5.82 Å². The Bertz CT molecular complexity index is 577. The molecule has 94 valence electrons. The largest absolute Gasteiger partial charge is 0.497 e. The lowest BCUT2D eigenvalue weighted by Crippen LogP contribution is -2.03. The van der Waals surface area contributed by atoms with Gasteiger partial charge >= 0.3 is 6.01 Å². The molecule has 6 nitrogen and oxygen atoms in total. The minimum Gasteiger partial charge on any atom is -0.497 e. The molecule has 7 heteroatoms. The van der Waals surface area contributed by atoms with Crippen LogP contribution in [0.15, 0.2) is 18.2 Å². The number of methoxy groups -OCH3 is 2. The fourth-order valence-corrected chi connectivity index (χ4v) is 1.39. The second kappa shape index (κ2) is 4.82. The molecule has 0 saturated carbocycles. The molecular formula is C11H11FN4O2. The van der Waals surface area contributed by atoms with Crippen LogP contribution in [0.3, 0.4) is 0 Å². The average Bonchev–Trinajstić information content (AvgIpc) is 2.37. The summed E-state index contributed by atoms with van der Waals surface area (Å²) in [6.07, 6.45) is 0. The molecule has 0 bridgehead atoms. The van der Waals surface area contributed by atoms with E-state index in [1.54, 1.807) is 6.07 Å². The van der Waals surface area contributed by atoms with E-state index < -0.39 is 5.82 Å². The zero-order valence-corrected chi connectivity index (χ0v) is 9.85. The van der Waals surface area contributed by atoms with Crippen LogP contribution in [0.4, 0.5) is 10.3 Å². The number of halogens is 1. The van der Waals surface area contributed by atoms with Gasteiger partial charge < -0.3 is 15.2 Å². The number of hydrogen-bond donors (Lipinski definition) is 1. The Hall–Kier alpha value is -2.44. The first-order chi connectivity index (χ1) is 8.63. The van der Waals surface area contributed by atoms with Gasteiger partial charge in [-0.05, 0) is 12.1 Å². The number of rotatable bonds is 3. The number of hydrogen-bond acceptors (Lipinski definition) is 6. The van der Waals surface area contributed by atoms with E-state index in [1.807, 2.05) is 0 Å². The first kappa shape index (κ1) is 12.0. The topological polar surface area (TPSA) is 83.2 Å². The van der Waals surface area contributed by atoms with Gasteiger partial charge in [0.1, 0.15) is 11.6 Å². The number of anilines is 1.